The highest BCUT2D eigenvalue weighted by Gasteiger charge is 2.32. The summed E-state index contributed by atoms with van der Waals surface area (Å²) in [5.41, 5.74) is 5.54. The fourth-order valence-electron chi connectivity index (χ4n) is 3.29. The molecule has 0 aliphatic carbocycles. The van der Waals surface area contributed by atoms with Gasteiger partial charge in [0.05, 0.1) is 0 Å². The third-order valence-electron chi connectivity index (χ3n) is 5.61. The summed E-state index contributed by atoms with van der Waals surface area (Å²) in [5.74, 6) is -0.744. The van der Waals surface area contributed by atoms with Crippen LogP contribution in [0.25, 0.3) is 0 Å². The van der Waals surface area contributed by atoms with Crippen LogP contribution in [0.2, 0.25) is 0 Å². The zero-order chi connectivity index (χ0) is 25.9. The van der Waals surface area contributed by atoms with Crippen LogP contribution >= 0.6 is 11.3 Å². The average Bonchev–Trinajstić information content (AvgIpc) is 3.27. The first-order chi connectivity index (χ1) is 15.8. The summed E-state index contributed by atoms with van der Waals surface area (Å²) in [4.78, 5) is 44.9. The van der Waals surface area contributed by atoms with Gasteiger partial charge in [0.2, 0.25) is 17.7 Å². The lowest BCUT2D eigenvalue weighted by atomic mass is 10.0. The Kier molecular flexibility index (Phi) is 12.5. The number of amides is 3. The second kappa shape index (κ2) is 14.2. The van der Waals surface area contributed by atoms with Gasteiger partial charge in [0.1, 0.15) is 12.1 Å². The van der Waals surface area contributed by atoms with Crippen LogP contribution < -0.4 is 11.1 Å². The molecule has 2 atom stereocenters. The van der Waals surface area contributed by atoms with E-state index >= 15 is 0 Å². The van der Waals surface area contributed by atoms with Gasteiger partial charge in [-0.1, -0.05) is 12.1 Å². The van der Waals surface area contributed by atoms with Gasteiger partial charge in [-0.15, -0.1) is 11.3 Å². The van der Waals surface area contributed by atoms with E-state index in [-0.39, 0.29) is 17.7 Å². The predicted octanol–water partition coefficient (Wildman–Crippen LogP) is 2.11. The standard InChI is InChI=1S/C25H43N5O3S/c1-19(29(6)22(31)13-10-14-25(2,3)26)24(33)30(7)21(18-20-12-11-17-34-20)23(32)27-15-8-9-16-28(4)5/h10-13,17,19,21H,8-9,14-16,18,26H2,1-7H3,(H,27,32)/b13-10+/t19-,21?/m1/s1. The van der Waals surface area contributed by atoms with Crippen LogP contribution in [-0.4, -0.2) is 91.3 Å². The number of nitrogens with one attached hydrogen (secondary N) is 1. The van der Waals surface area contributed by atoms with Crippen molar-refractivity contribution >= 4 is 29.1 Å². The van der Waals surface area contributed by atoms with E-state index in [0.717, 1.165) is 24.3 Å². The van der Waals surface area contributed by atoms with Crippen molar-refractivity contribution in [2.24, 2.45) is 5.73 Å². The molecule has 1 rings (SSSR count). The van der Waals surface area contributed by atoms with Gasteiger partial charge in [0.15, 0.2) is 0 Å². The predicted molar refractivity (Wildman–Crippen MR) is 140 cm³/mol. The number of nitrogens with zero attached hydrogens (tertiary/aromatic N) is 3. The van der Waals surface area contributed by atoms with E-state index in [1.54, 1.807) is 38.4 Å². The summed E-state index contributed by atoms with van der Waals surface area (Å²) in [7, 11) is 7.27. The van der Waals surface area contributed by atoms with Crippen LogP contribution in [0.5, 0.6) is 0 Å². The molecule has 0 saturated heterocycles. The SMILES string of the molecule is C[C@H](C(=O)N(C)C(Cc1cccs1)C(=O)NCCCCN(C)C)N(C)C(=O)/C=C/CC(C)(C)N. The maximum absolute atomic E-state index is 13.3. The second-order valence-corrected chi connectivity index (χ2v) is 10.8. The summed E-state index contributed by atoms with van der Waals surface area (Å²) in [6, 6.07) is 2.52. The largest absolute Gasteiger partial charge is 0.354 e. The van der Waals surface area contributed by atoms with Crippen molar-refractivity contribution in [1.82, 2.24) is 20.0 Å². The molecule has 0 radical (unpaired) electrons. The zero-order valence-corrected chi connectivity index (χ0v) is 22.7. The summed E-state index contributed by atoms with van der Waals surface area (Å²) in [5, 5.41) is 4.94. The number of unbranched alkanes of at least 4 members (excludes halogenated alkanes) is 1. The number of carbonyl (C=O) groups excluding carboxylic acids is 3. The van der Waals surface area contributed by atoms with Gasteiger partial charge in [0, 0.05) is 37.5 Å². The third kappa shape index (κ3) is 10.8. The number of thiophene rings is 1. The molecular formula is C25H43N5O3S. The highest BCUT2D eigenvalue weighted by atomic mass is 32.1. The molecule has 0 fully saturated rings. The van der Waals surface area contributed by atoms with Crippen molar-refractivity contribution in [2.45, 2.75) is 64.1 Å². The lowest BCUT2D eigenvalue weighted by Crippen LogP contribution is -2.54. The maximum atomic E-state index is 13.3. The molecular weight excluding hydrogens is 450 g/mol. The molecule has 192 valence electrons. The Bertz CT molecular complexity index is 802. The molecule has 0 bridgehead atoms. The van der Waals surface area contributed by atoms with Gasteiger partial charge < -0.3 is 25.8 Å². The summed E-state index contributed by atoms with van der Waals surface area (Å²) in [6.45, 7) is 6.97. The molecule has 0 aliphatic rings. The Morgan fingerprint density at radius 3 is 2.38 bits per heavy atom. The fraction of sp³-hybridized carbons (Fsp3) is 0.640. The van der Waals surface area contributed by atoms with E-state index in [0.29, 0.717) is 19.4 Å². The van der Waals surface area contributed by atoms with Gasteiger partial charge in [-0.25, -0.2) is 0 Å². The molecule has 3 amide bonds. The molecule has 9 heteroatoms. The van der Waals surface area contributed by atoms with Crippen LogP contribution in [0.3, 0.4) is 0 Å². The van der Waals surface area contributed by atoms with Gasteiger partial charge in [-0.2, -0.15) is 0 Å². The van der Waals surface area contributed by atoms with Crippen LogP contribution in [0, 0.1) is 0 Å². The van der Waals surface area contributed by atoms with Crippen molar-refractivity contribution in [3.05, 3.63) is 34.5 Å². The minimum Gasteiger partial charge on any atom is -0.354 e. The van der Waals surface area contributed by atoms with E-state index in [1.807, 2.05) is 45.5 Å². The molecule has 3 N–H and O–H groups in total. The Morgan fingerprint density at radius 2 is 1.82 bits per heavy atom. The lowest BCUT2D eigenvalue weighted by molar-refractivity contribution is -0.145. The number of hydrogen-bond acceptors (Lipinski definition) is 6. The highest BCUT2D eigenvalue weighted by molar-refractivity contribution is 7.09. The highest BCUT2D eigenvalue weighted by Crippen LogP contribution is 2.16. The normalized spacial score (nSPS) is 13.7. The van der Waals surface area contributed by atoms with Crippen LogP contribution in [0.15, 0.2) is 29.7 Å². The Morgan fingerprint density at radius 1 is 1.15 bits per heavy atom. The number of hydrogen-bond donors (Lipinski definition) is 2. The fourth-order valence-corrected chi connectivity index (χ4v) is 4.04. The van der Waals surface area contributed by atoms with Crippen LogP contribution in [-0.2, 0) is 20.8 Å². The van der Waals surface area contributed by atoms with E-state index in [2.05, 4.69) is 10.2 Å². The smallest absolute Gasteiger partial charge is 0.246 e. The second-order valence-electron chi connectivity index (χ2n) is 9.77. The van der Waals surface area contributed by atoms with Gasteiger partial charge in [-0.05, 0) is 78.2 Å². The first-order valence-corrected chi connectivity index (χ1v) is 12.6. The van der Waals surface area contributed by atoms with E-state index in [1.165, 1.54) is 15.9 Å². The molecule has 0 spiro atoms. The minimum atomic E-state index is -0.716. The lowest BCUT2D eigenvalue weighted by Gasteiger charge is -2.32. The van der Waals surface area contributed by atoms with E-state index in [4.69, 9.17) is 5.73 Å². The topological polar surface area (TPSA) is 99.0 Å². The molecule has 0 aliphatic heterocycles. The van der Waals surface area contributed by atoms with Crippen molar-refractivity contribution in [3.63, 3.8) is 0 Å². The molecule has 34 heavy (non-hydrogen) atoms. The van der Waals surface area contributed by atoms with E-state index in [9.17, 15) is 14.4 Å². The summed E-state index contributed by atoms with van der Waals surface area (Å²) in [6.07, 6.45) is 6.00. The number of rotatable bonds is 14. The first kappa shape index (κ1) is 29.8. The van der Waals surface area contributed by atoms with Crippen molar-refractivity contribution in [3.8, 4) is 0 Å². The molecule has 8 nitrogen and oxygen atoms in total. The van der Waals surface area contributed by atoms with Gasteiger partial charge >= 0.3 is 0 Å². The molecule has 1 heterocycles. The van der Waals surface area contributed by atoms with Crippen LogP contribution in [0.4, 0.5) is 0 Å². The zero-order valence-electron chi connectivity index (χ0n) is 21.8. The maximum Gasteiger partial charge on any atom is 0.246 e. The number of nitrogens with two attached hydrogens (primary N) is 1. The van der Waals surface area contributed by atoms with Gasteiger partial charge in [0.25, 0.3) is 0 Å². The van der Waals surface area contributed by atoms with Crippen molar-refractivity contribution in [2.75, 3.05) is 41.3 Å². The molecule has 1 aromatic heterocycles. The number of carbonyl (C=O) groups is 3. The Hall–Kier alpha value is -2.23. The monoisotopic (exact) mass is 493 g/mol. The van der Waals surface area contributed by atoms with Gasteiger partial charge in [-0.3, -0.25) is 14.4 Å². The van der Waals surface area contributed by atoms with Crippen molar-refractivity contribution in [1.29, 1.82) is 0 Å². The Labute approximate surface area is 209 Å². The summed E-state index contributed by atoms with van der Waals surface area (Å²) < 4.78 is 0. The molecule has 1 unspecified atom stereocenters. The minimum absolute atomic E-state index is 0.180. The average molecular weight is 494 g/mol. The van der Waals surface area contributed by atoms with E-state index < -0.39 is 17.6 Å². The van der Waals surface area contributed by atoms with Crippen LogP contribution in [0.1, 0.15) is 44.9 Å². The molecule has 0 saturated carbocycles. The van der Waals surface area contributed by atoms with Crippen molar-refractivity contribution < 1.29 is 14.4 Å². The Balaban J connectivity index is 2.83. The quantitative estimate of drug-likeness (QED) is 0.305. The molecule has 1 aromatic rings. The first-order valence-electron chi connectivity index (χ1n) is 11.8. The third-order valence-corrected chi connectivity index (χ3v) is 6.51. The molecule has 0 aromatic carbocycles. The number of likely N-dealkylation sites (N-methyl/N-ethyl adjacent to an activating group) is 2. The summed E-state index contributed by atoms with van der Waals surface area (Å²) >= 11 is 1.56.